The number of rotatable bonds is 38. The fourth-order valence-electron chi connectivity index (χ4n) is 6.49. The molecule has 6 unspecified atom stereocenters. The molecule has 1 aliphatic heterocycles. The standard InChI is InChI=1S/C46H80O12S/c1-3-5-7-9-11-13-15-16-17-18-19-20-21-22-23-24-25-27-29-31-33-35-42(48)56-40(38-54-36-34-32-30-28-26-14-12-10-8-6-4-2)39-55-46-44(50)45(58-59(51,52)53)43(49)41(37-47)57-46/h5,7-8,10-11,13,16-17,19-20,40-41,43-47,49-50H,3-4,6,9,12,14-15,18,21-39H2,1-2H3,(H,51,52,53)/b7-5-,10-8-,13-11-,17-16-,20-19-. The first-order valence-corrected chi connectivity index (χ1v) is 23.9. The molecule has 0 aliphatic carbocycles. The highest BCUT2D eigenvalue weighted by Crippen LogP contribution is 2.26. The molecule has 4 N–H and O–H groups in total. The van der Waals surface area contributed by atoms with Crippen molar-refractivity contribution in [1.82, 2.24) is 0 Å². The van der Waals surface area contributed by atoms with Crippen molar-refractivity contribution in [2.45, 2.75) is 198 Å². The maximum atomic E-state index is 12.8. The summed E-state index contributed by atoms with van der Waals surface area (Å²) >= 11 is 0. The summed E-state index contributed by atoms with van der Waals surface area (Å²) in [4.78, 5) is 12.8. The molecular formula is C46H80O12S. The van der Waals surface area contributed by atoms with Crippen LogP contribution in [0.25, 0.3) is 0 Å². The molecule has 0 aromatic heterocycles. The van der Waals surface area contributed by atoms with Gasteiger partial charge in [-0.3, -0.25) is 9.35 Å². The lowest BCUT2D eigenvalue weighted by molar-refractivity contribution is -0.301. The van der Waals surface area contributed by atoms with Gasteiger partial charge in [-0.2, -0.15) is 8.42 Å². The van der Waals surface area contributed by atoms with E-state index in [0.29, 0.717) is 13.0 Å². The second-order valence-electron chi connectivity index (χ2n) is 15.3. The highest BCUT2D eigenvalue weighted by atomic mass is 32.3. The molecular weight excluding hydrogens is 777 g/mol. The van der Waals surface area contributed by atoms with Crippen molar-refractivity contribution in [1.29, 1.82) is 0 Å². The Kier molecular flexibility index (Phi) is 34.9. The number of aliphatic hydroxyl groups is 3. The quantitative estimate of drug-likeness (QED) is 0.0201. The summed E-state index contributed by atoms with van der Waals surface area (Å²) in [6.07, 6.45) is 36.8. The van der Waals surface area contributed by atoms with Gasteiger partial charge in [-0.25, -0.2) is 4.18 Å². The van der Waals surface area contributed by atoms with Crippen molar-refractivity contribution in [2.24, 2.45) is 0 Å². The molecule has 1 heterocycles. The van der Waals surface area contributed by atoms with E-state index in [1.54, 1.807) is 0 Å². The molecule has 1 fully saturated rings. The smallest absolute Gasteiger partial charge is 0.397 e. The van der Waals surface area contributed by atoms with Crippen LogP contribution in [-0.4, -0.2) is 97.5 Å². The molecule has 0 saturated carbocycles. The molecule has 1 aliphatic rings. The third-order valence-electron chi connectivity index (χ3n) is 9.85. The first-order valence-electron chi connectivity index (χ1n) is 22.5. The molecule has 13 heteroatoms. The maximum absolute atomic E-state index is 12.8. The van der Waals surface area contributed by atoms with Gasteiger partial charge in [-0.05, 0) is 70.6 Å². The molecule has 1 saturated heterocycles. The molecule has 0 aromatic rings. The number of esters is 1. The third-order valence-corrected chi connectivity index (χ3v) is 10.3. The van der Waals surface area contributed by atoms with E-state index in [0.717, 1.165) is 83.5 Å². The minimum absolute atomic E-state index is 0.0257. The zero-order valence-electron chi connectivity index (χ0n) is 36.3. The fraction of sp³-hybridized carbons (Fsp3) is 0.761. The van der Waals surface area contributed by atoms with Crippen molar-refractivity contribution in [3.8, 4) is 0 Å². The number of hydrogen-bond donors (Lipinski definition) is 4. The minimum Gasteiger partial charge on any atom is -0.457 e. The van der Waals surface area contributed by atoms with Gasteiger partial charge in [0, 0.05) is 13.0 Å². The summed E-state index contributed by atoms with van der Waals surface area (Å²) < 4.78 is 59.0. The first-order chi connectivity index (χ1) is 28.6. The predicted molar refractivity (Wildman–Crippen MR) is 234 cm³/mol. The van der Waals surface area contributed by atoms with Crippen LogP contribution < -0.4 is 0 Å². The SMILES string of the molecule is CC/C=C\C/C=C\C/C=C\C/C=C\CCCCCCCCCCC(=O)OC(COCCCCCCCC/C=C\CCC)COC1OC(CO)C(O)C(OS(=O)(=O)O)C1O. The Hall–Kier alpha value is -2.20. The van der Waals surface area contributed by atoms with Gasteiger partial charge < -0.3 is 34.3 Å². The molecule has 0 bridgehead atoms. The van der Waals surface area contributed by atoms with E-state index in [2.05, 4.69) is 78.8 Å². The number of unbranched alkanes of at least 4 members (excludes halogenated alkanes) is 15. The van der Waals surface area contributed by atoms with Crippen LogP contribution in [0, 0.1) is 0 Å². The Morgan fingerprint density at radius 2 is 1.17 bits per heavy atom. The highest BCUT2D eigenvalue weighted by molar-refractivity contribution is 7.80. The second kappa shape index (κ2) is 37.6. The van der Waals surface area contributed by atoms with E-state index in [1.165, 1.54) is 51.4 Å². The van der Waals surface area contributed by atoms with Crippen LogP contribution >= 0.6 is 0 Å². The Morgan fingerprint density at radius 1 is 0.661 bits per heavy atom. The van der Waals surface area contributed by atoms with Crippen LogP contribution in [0.15, 0.2) is 60.8 Å². The van der Waals surface area contributed by atoms with Crippen molar-refractivity contribution >= 4 is 16.4 Å². The van der Waals surface area contributed by atoms with E-state index in [-0.39, 0.29) is 19.6 Å². The van der Waals surface area contributed by atoms with Gasteiger partial charge >= 0.3 is 16.4 Å². The summed E-state index contributed by atoms with van der Waals surface area (Å²) in [5, 5.41) is 30.6. The van der Waals surface area contributed by atoms with Crippen LogP contribution in [0.3, 0.4) is 0 Å². The van der Waals surface area contributed by atoms with E-state index >= 15 is 0 Å². The molecule has 1 rings (SSSR count). The van der Waals surface area contributed by atoms with Crippen LogP contribution in [-0.2, 0) is 38.3 Å². The fourth-order valence-corrected chi connectivity index (χ4v) is 7.00. The number of ether oxygens (including phenoxy) is 4. The highest BCUT2D eigenvalue weighted by Gasteiger charge is 2.48. The van der Waals surface area contributed by atoms with Crippen molar-refractivity contribution in [2.75, 3.05) is 26.4 Å². The second-order valence-corrected chi connectivity index (χ2v) is 16.3. The predicted octanol–water partition coefficient (Wildman–Crippen LogP) is 9.35. The Balaban J connectivity index is 2.40. The lowest BCUT2D eigenvalue weighted by Crippen LogP contribution is -2.60. The summed E-state index contributed by atoms with van der Waals surface area (Å²) in [6, 6.07) is 0. The number of allylic oxidation sites excluding steroid dienone is 10. The topological polar surface area (TPSA) is 178 Å². The number of carbonyl (C=O) groups is 1. The maximum Gasteiger partial charge on any atom is 0.397 e. The van der Waals surface area contributed by atoms with Crippen LogP contribution in [0.4, 0.5) is 0 Å². The number of carbonyl (C=O) groups excluding carboxylic acids is 1. The number of aliphatic hydroxyl groups excluding tert-OH is 3. The van der Waals surface area contributed by atoms with Gasteiger partial charge in [-0.15, -0.1) is 0 Å². The average molecular weight is 857 g/mol. The van der Waals surface area contributed by atoms with Crippen LogP contribution in [0.2, 0.25) is 0 Å². The summed E-state index contributed by atoms with van der Waals surface area (Å²) in [7, 11) is -5.06. The molecule has 12 nitrogen and oxygen atoms in total. The van der Waals surface area contributed by atoms with Crippen molar-refractivity contribution < 1.29 is 56.2 Å². The third kappa shape index (κ3) is 31.3. The van der Waals surface area contributed by atoms with E-state index in [4.69, 9.17) is 23.5 Å². The monoisotopic (exact) mass is 857 g/mol. The Labute approximate surface area is 357 Å². The lowest BCUT2D eigenvalue weighted by atomic mass is 9.99. The normalized spacial score (nSPS) is 20.9. The van der Waals surface area contributed by atoms with Crippen molar-refractivity contribution in [3.63, 3.8) is 0 Å². The molecule has 0 aromatic carbocycles. The minimum atomic E-state index is -5.06. The summed E-state index contributed by atoms with van der Waals surface area (Å²) in [5.41, 5.74) is 0. The summed E-state index contributed by atoms with van der Waals surface area (Å²) in [5.74, 6) is -0.413. The Morgan fingerprint density at radius 3 is 1.73 bits per heavy atom. The van der Waals surface area contributed by atoms with Crippen molar-refractivity contribution in [3.05, 3.63) is 60.8 Å². The lowest BCUT2D eigenvalue weighted by Gasteiger charge is -2.41. The van der Waals surface area contributed by atoms with Gasteiger partial charge in [-0.1, -0.05) is 145 Å². The van der Waals surface area contributed by atoms with Crippen LogP contribution in [0.5, 0.6) is 0 Å². The van der Waals surface area contributed by atoms with Crippen LogP contribution in [0.1, 0.15) is 162 Å². The van der Waals surface area contributed by atoms with Gasteiger partial charge in [0.25, 0.3) is 0 Å². The number of hydrogen-bond acceptors (Lipinski definition) is 11. The van der Waals surface area contributed by atoms with E-state index in [1.807, 2.05) is 0 Å². The first kappa shape index (κ1) is 54.8. The summed E-state index contributed by atoms with van der Waals surface area (Å²) in [6.45, 7) is 3.78. The molecule has 342 valence electrons. The van der Waals surface area contributed by atoms with Gasteiger partial charge in [0.05, 0.1) is 19.8 Å². The zero-order chi connectivity index (χ0) is 43.2. The molecule has 0 amide bonds. The Bertz CT molecular complexity index is 1260. The molecule has 0 radical (unpaired) electrons. The zero-order valence-corrected chi connectivity index (χ0v) is 37.1. The van der Waals surface area contributed by atoms with E-state index in [9.17, 15) is 28.5 Å². The average Bonchev–Trinajstić information content (AvgIpc) is 3.20. The van der Waals surface area contributed by atoms with Gasteiger partial charge in [0.2, 0.25) is 0 Å². The van der Waals surface area contributed by atoms with E-state index < -0.39 is 59.8 Å². The molecule has 0 spiro atoms. The van der Waals surface area contributed by atoms with Gasteiger partial charge in [0.15, 0.2) is 6.29 Å². The largest absolute Gasteiger partial charge is 0.457 e. The van der Waals surface area contributed by atoms with Gasteiger partial charge in [0.1, 0.15) is 30.5 Å². The molecule has 59 heavy (non-hydrogen) atoms. The molecule has 6 atom stereocenters.